The first kappa shape index (κ1) is 13.4. The summed E-state index contributed by atoms with van der Waals surface area (Å²) in [7, 11) is 1.75. The quantitative estimate of drug-likeness (QED) is 0.855. The van der Waals surface area contributed by atoms with Crippen molar-refractivity contribution in [3.8, 4) is 0 Å². The van der Waals surface area contributed by atoms with Gasteiger partial charge in [-0.3, -0.25) is 0 Å². The molecule has 0 bridgehead atoms. The Morgan fingerprint density at radius 3 is 2.56 bits per heavy atom. The normalized spacial score (nSPS) is 13.9. The van der Waals surface area contributed by atoms with Gasteiger partial charge in [0, 0.05) is 17.1 Å². The summed E-state index contributed by atoms with van der Waals surface area (Å²) < 4.78 is 13.6. The summed E-state index contributed by atoms with van der Waals surface area (Å²) in [4.78, 5) is 0. The van der Waals surface area contributed by atoms with Crippen LogP contribution in [-0.4, -0.2) is 18.7 Å². The Labute approximate surface area is 100 Å². The smallest absolute Gasteiger partial charge is 0.130 e. The SMILES string of the molecule is CNCC(O)c1ccc(C(C)(C)F)cc1Cl. The molecule has 16 heavy (non-hydrogen) atoms. The zero-order valence-corrected chi connectivity index (χ0v) is 10.5. The first-order valence-electron chi connectivity index (χ1n) is 5.17. The molecule has 1 unspecified atom stereocenters. The van der Waals surface area contributed by atoms with E-state index in [0.29, 0.717) is 22.7 Å². The number of halogens is 2. The number of nitrogens with one attached hydrogen (secondary N) is 1. The number of benzene rings is 1. The summed E-state index contributed by atoms with van der Waals surface area (Å²) >= 11 is 6.01. The third-order valence-corrected chi connectivity index (χ3v) is 2.77. The standard InChI is InChI=1S/C12H17ClFNO/c1-12(2,14)8-4-5-9(10(13)6-8)11(16)7-15-3/h4-6,11,15-16H,7H2,1-3H3. The Morgan fingerprint density at radius 1 is 1.50 bits per heavy atom. The predicted octanol–water partition coefficient (Wildman–Crippen LogP) is 2.80. The minimum Gasteiger partial charge on any atom is -0.387 e. The van der Waals surface area contributed by atoms with Gasteiger partial charge in [0.05, 0.1) is 6.10 Å². The van der Waals surface area contributed by atoms with Crippen molar-refractivity contribution in [1.82, 2.24) is 5.32 Å². The Morgan fingerprint density at radius 2 is 2.12 bits per heavy atom. The van der Waals surface area contributed by atoms with Crippen molar-refractivity contribution in [2.24, 2.45) is 0 Å². The highest BCUT2D eigenvalue weighted by Crippen LogP contribution is 2.30. The molecule has 0 aliphatic rings. The number of aliphatic hydroxyl groups excluding tert-OH is 1. The van der Waals surface area contributed by atoms with Gasteiger partial charge >= 0.3 is 0 Å². The van der Waals surface area contributed by atoms with Gasteiger partial charge < -0.3 is 10.4 Å². The molecule has 0 heterocycles. The van der Waals surface area contributed by atoms with Gasteiger partial charge in [0.2, 0.25) is 0 Å². The van der Waals surface area contributed by atoms with E-state index in [4.69, 9.17) is 11.6 Å². The lowest BCUT2D eigenvalue weighted by Gasteiger charge is -2.18. The maximum absolute atomic E-state index is 13.6. The fraction of sp³-hybridized carbons (Fsp3) is 0.500. The van der Waals surface area contributed by atoms with Crippen LogP contribution in [0.2, 0.25) is 5.02 Å². The number of likely N-dealkylation sites (N-methyl/N-ethyl adjacent to an activating group) is 1. The molecule has 1 atom stereocenters. The van der Waals surface area contributed by atoms with Crippen LogP contribution >= 0.6 is 11.6 Å². The fourth-order valence-electron chi connectivity index (χ4n) is 1.47. The topological polar surface area (TPSA) is 32.3 Å². The maximum atomic E-state index is 13.6. The van der Waals surface area contributed by atoms with Gasteiger partial charge in [0.1, 0.15) is 5.67 Å². The van der Waals surface area contributed by atoms with Crippen LogP contribution in [0, 0.1) is 0 Å². The molecule has 1 aromatic rings. The molecule has 0 aliphatic carbocycles. The van der Waals surface area contributed by atoms with Crippen molar-refractivity contribution in [3.05, 3.63) is 34.3 Å². The van der Waals surface area contributed by atoms with Crippen molar-refractivity contribution in [3.63, 3.8) is 0 Å². The van der Waals surface area contributed by atoms with Crippen molar-refractivity contribution < 1.29 is 9.50 Å². The first-order valence-corrected chi connectivity index (χ1v) is 5.55. The number of rotatable bonds is 4. The Kier molecular flexibility index (Phi) is 4.30. The Hall–Kier alpha value is -0.640. The zero-order valence-electron chi connectivity index (χ0n) is 9.72. The highest BCUT2D eigenvalue weighted by Gasteiger charge is 2.20. The van der Waals surface area contributed by atoms with Crippen molar-refractivity contribution >= 4 is 11.6 Å². The minimum atomic E-state index is -1.42. The van der Waals surface area contributed by atoms with E-state index in [1.165, 1.54) is 13.8 Å². The van der Waals surface area contributed by atoms with Gasteiger partial charge in [-0.25, -0.2) is 4.39 Å². The number of alkyl halides is 1. The lowest BCUT2D eigenvalue weighted by atomic mass is 9.97. The maximum Gasteiger partial charge on any atom is 0.130 e. The molecule has 2 N–H and O–H groups in total. The third-order valence-electron chi connectivity index (χ3n) is 2.44. The van der Waals surface area contributed by atoms with E-state index < -0.39 is 11.8 Å². The van der Waals surface area contributed by atoms with Gasteiger partial charge in [0.25, 0.3) is 0 Å². The monoisotopic (exact) mass is 245 g/mol. The van der Waals surface area contributed by atoms with E-state index in [1.54, 1.807) is 25.2 Å². The van der Waals surface area contributed by atoms with E-state index in [9.17, 15) is 9.50 Å². The fourth-order valence-corrected chi connectivity index (χ4v) is 1.78. The molecule has 0 amide bonds. The van der Waals surface area contributed by atoms with Gasteiger partial charge in [-0.2, -0.15) is 0 Å². The van der Waals surface area contributed by atoms with Crippen LogP contribution in [0.1, 0.15) is 31.1 Å². The molecule has 4 heteroatoms. The summed E-state index contributed by atoms with van der Waals surface area (Å²) in [5.41, 5.74) is -0.294. The average Bonchev–Trinajstić information content (AvgIpc) is 2.16. The lowest BCUT2D eigenvalue weighted by molar-refractivity contribution is 0.177. The molecular weight excluding hydrogens is 229 g/mol. The second-order valence-electron chi connectivity index (χ2n) is 4.28. The molecule has 90 valence electrons. The van der Waals surface area contributed by atoms with Crippen molar-refractivity contribution in [1.29, 1.82) is 0 Å². The molecule has 0 aliphatic heterocycles. The van der Waals surface area contributed by atoms with E-state index in [1.807, 2.05) is 0 Å². The van der Waals surface area contributed by atoms with Crippen LogP contribution in [0.3, 0.4) is 0 Å². The average molecular weight is 246 g/mol. The largest absolute Gasteiger partial charge is 0.387 e. The molecule has 1 aromatic carbocycles. The van der Waals surface area contributed by atoms with Gasteiger partial charge in [-0.1, -0.05) is 23.7 Å². The summed E-state index contributed by atoms with van der Waals surface area (Å²) in [6.45, 7) is 3.36. The Bertz CT molecular complexity index is 363. The predicted molar refractivity (Wildman–Crippen MR) is 64.5 cm³/mol. The van der Waals surface area contributed by atoms with Crippen LogP contribution in [0.25, 0.3) is 0 Å². The molecule has 0 spiro atoms. The molecule has 0 aromatic heterocycles. The second-order valence-corrected chi connectivity index (χ2v) is 4.69. The molecule has 1 rings (SSSR count). The number of hydrogen-bond donors (Lipinski definition) is 2. The highest BCUT2D eigenvalue weighted by atomic mass is 35.5. The molecule has 0 radical (unpaired) electrons. The summed E-state index contributed by atoms with van der Waals surface area (Å²) in [5.74, 6) is 0. The van der Waals surface area contributed by atoms with Crippen molar-refractivity contribution in [2.45, 2.75) is 25.6 Å². The first-order chi connectivity index (χ1) is 7.36. The highest BCUT2D eigenvalue weighted by molar-refractivity contribution is 6.31. The van der Waals surface area contributed by atoms with Crippen LogP contribution in [0.4, 0.5) is 4.39 Å². The lowest BCUT2D eigenvalue weighted by Crippen LogP contribution is -2.17. The van der Waals surface area contributed by atoms with E-state index in [-0.39, 0.29) is 0 Å². The van der Waals surface area contributed by atoms with E-state index >= 15 is 0 Å². The summed E-state index contributed by atoms with van der Waals surface area (Å²) in [6, 6.07) is 4.89. The second kappa shape index (κ2) is 5.13. The molecular formula is C12H17ClFNO. The van der Waals surface area contributed by atoms with Crippen LogP contribution in [0.5, 0.6) is 0 Å². The summed E-state index contributed by atoms with van der Waals surface area (Å²) in [6.07, 6.45) is -0.672. The van der Waals surface area contributed by atoms with Crippen LogP contribution in [0.15, 0.2) is 18.2 Å². The van der Waals surface area contributed by atoms with E-state index in [0.717, 1.165) is 0 Å². The van der Waals surface area contributed by atoms with Gasteiger partial charge in [-0.15, -0.1) is 0 Å². The summed E-state index contributed by atoms with van der Waals surface area (Å²) in [5, 5.41) is 13.0. The Balaban J connectivity index is 3.00. The molecule has 0 saturated carbocycles. The minimum absolute atomic E-state index is 0.394. The molecule has 2 nitrogen and oxygen atoms in total. The van der Waals surface area contributed by atoms with Crippen molar-refractivity contribution in [2.75, 3.05) is 13.6 Å². The van der Waals surface area contributed by atoms with Crippen LogP contribution < -0.4 is 5.32 Å². The molecule has 0 fully saturated rings. The zero-order chi connectivity index (χ0) is 12.3. The van der Waals surface area contributed by atoms with Crippen LogP contribution in [-0.2, 0) is 5.67 Å². The number of aliphatic hydroxyl groups is 1. The third kappa shape index (κ3) is 3.17. The van der Waals surface area contributed by atoms with Gasteiger partial charge in [-0.05, 0) is 32.5 Å². The molecule has 0 saturated heterocycles. The van der Waals surface area contributed by atoms with E-state index in [2.05, 4.69) is 5.32 Å². The van der Waals surface area contributed by atoms with Gasteiger partial charge in [0.15, 0.2) is 0 Å². The number of hydrogen-bond acceptors (Lipinski definition) is 2.